The predicted molar refractivity (Wildman–Crippen MR) is 333 cm³/mol. The van der Waals surface area contributed by atoms with E-state index in [4.69, 9.17) is 48.7 Å². The minimum atomic E-state index is -0.132. The Bertz CT molecular complexity index is 5150. The maximum atomic E-state index is 6.31. The number of aromatic nitrogens is 9. The van der Waals surface area contributed by atoms with Gasteiger partial charge in [-0.15, -0.1) is 0 Å². The summed E-state index contributed by atoms with van der Waals surface area (Å²) in [5, 5.41) is 6.12. The van der Waals surface area contributed by atoms with Crippen molar-refractivity contribution in [3.63, 3.8) is 0 Å². The number of dihydropyridines is 1. The van der Waals surface area contributed by atoms with Crippen molar-refractivity contribution < 1.29 is 8.83 Å². The fourth-order valence-corrected chi connectivity index (χ4v) is 12.1. The summed E-state index contributed by atoms with van der Waals surface area (Å²) in [5.41, 5.74) is 17.0. The van der Waals surface area contributed by atoms with Crippen LogP contribution in [0.2, 0.25) is 0 Å². The van der Waals surface area contributed by atoms with Crippen LogP contribution < -0.4 is 0 Å². The van der Waals surface area contributed by atoms with Crippen LogP contribution in [-0.2, 0) is 0 Å². The number of aliphatic imine (C=N–C) groups is 1. The van der Waals surface area contributed by atoms with Crippen LogP contribution in [0.1, 0.15) is 34.6 Å². The third-order valence-electron chi connectivity index (χ3n) is 16.1. The molecule has 16 rings (SSSR count). The molecule has 12 nitrogen and oxygen atoms in total. The average molecular weight is 1090 g/mol. The van der Waals surface area contributed by atoms with Gasteiger partial charge in [0.2, 0.25) is 11.8 Å². The van der Waals surface area contributed by atoms with E-state index >= 15 is 0 Å². The van der Waals surface area contributed by atoms with E-state index in [2.05, 4.69) is 149 Å². The van der Waals surface area contributed by atoms with Crippen LogP contribution in [0.15, 0.2) is 251 Å². The lowest BCUT2D eigenvalue weighted by Gasteiger charge is -2.24. The maximum absolute atomic E-state index is 6.31. The minimum Gasteiger partial charge on any atom is -0.442 e. The molecule has 0 bridgehead atoms. The Labute approximate surface area is 481 Å². The Kier molecular flexibility index (Phi) is 11.5. The third kappa shape index (κ3) is 8.38. The average Bonchev–Trinajstić information content (AvgIpc) is 4.38. The van der Waals surface area contributed by atoms with Gasteiger partial charge in [0.05, 0.1) is 50.5 Å². The van der Waals surface area contributed by atoms with E-state index in [1.54, 1.807) is 12.5 Å². The molecule has 9 aromatic heterocycles. The largest absolute Gasteiger partial charge is 0.442 e. The lowest BCUT2D eigenvalue weighted by atomic mass is 9.88. The van der Waals surface area contributed by atoms with Gasteiger partial charge >= 0.3 is 0 Å². The zero-order chi connectivity index (χ0) is 55.8. The van der Waals surface area contributed by atoms with E-state index < -0.39 is 0 Å². The van der Waals surface area contributed by atoms with Crippen LogP contribution in [0.25, 0.3) is 134 Å². The molecule has 0 amide bonds. The Hall–Kier alpha value is -11.2. The fourth-order valence-electron chi connectivity index (χ4n) is 12.1. The Balaban J connectivity index is 0.687. The molecule has 2 atom stereocenters. The van der Waals surface area contributed by atoms with Gasteiger partial charge in [0, 0.05) is 91.5 Å². The van der Waals surface area contributed by atoms with E-state index in [-0.39, 0.29) is 12.0 Å². The Morgan fingerprint density at radius 3 is 1.63 bits per heavy atom. The van der Waals surface area contributed by atoms with Gasteiger partial charge in [0.25, 0.3) is 0 Å². The maximum Gasteiger partial charge on any atom is 0.228 e. The van der Waals surface area contributed by atoms with Gasteiger partial charge in [-0.3, -0.25) is 34.1 Å². The lowest BCUT2D eigenvalue weighted by Crippen LogP contribution is -2.12. The van der Waals surface area contributed by atoms with E-state index in [9.17, 15) is 0 Å². The lowest BCUT2D eigenvalue weighted by molar-refractivity contribution is 0.573. The molecule has 2 unspecified atom stereocenters. The Morgan fingerprint density at radius 1 is 0.429 bits per heavy atom. The number of pyridine rings is 5. The highest BCUT2D eigenvalue weighted by atomic mass is 16.3. The van der Waals surface area contributed by atoms with Crippen LogP contribution >= 0.6 is 0 Å². The first-order valence-corrected chi connectivity index (χ1v) is 27.9. The number of fused-ring (bicyclic) bond motifs is 7. The fraction of sp³-hybridized carbons (Fsp3) is 0.0556. The molecule has 0 fully saturated rings. The van der Waals surface area contributed by atoms with Gasteiger partial charge in [-0.25, -0.2) is 4.98 Å². The van der Waals surface area contributed by atoms with Gasteiger partial charge in [-0.1, -0.05) is 109 Å². The number of aryl methyl sites for hydroxylation is 2. The van der Waals surface area contributed by atoms with Crippen LogP contribution in [0, 0.1) is 13.8 Å². The summed E-state index contributed by atoms with van der Waals surface area (Å²) in [6, 6.07) is 66.7. The van der Waals surface area contributed by atoms with E-state index in [0.717, 1.165) is 128 Å². The van der Waals surface area contributed by atoms with E-state index in [1.807, 2.05) is 105 Å². The SMILES string of the molecule is Cc1cc2c(cn1)c1cc(-c3cccc(-c4ncccc4-c4ccccc4)n3)ccc1n2-c1coc(-c2ccc3cc(-c4nc(-n5c6ccc(-c7cccc(C8N=CC=CC8c8ccccc8)n7)cc6c6cnc(C)cc65)co4)ccc3c2)n1. The number of hydrogen-bond donors (Lipinski definition) is 0. The van der Waals surface area contributed by atoms with Crippen molar-refractivity contribution in [3.8, 4) is 79.6 Å². The molecule has 1 aliphatic heterocycles. The summed E-state index contributed by atoms with van der Waals surface area (Å²) in [4.78, 5) is 39.9. The van der Waals surface area contributed by atoms with Crippen LogP contribution in [0.4, 0.5) is 0 Å². The number of rotatable bonds is 10. The molecular weight excluding hydrogens is 1040 g/mol. The van der Waals surface area contributed by atoms with Crippen molar-refractivity contribution in [3.05, 3.63) is 260 Å². The highest BCUT2D eigenvalue weighted by Crippen LogP contribution is 2.41. The molecule has 1 aliphatic rings. The molecule has 0 aliphatic carbocycles. The van der Waals surface area contributed by atoms with Crippen molar-refractivity contribution in [1.29, 1.82) is 0 Å². The predicted octanol–water partition coefficient (Wildman–Crippen LogP) is 17.1. The summed E-state index contributed by atoms with van der Waals surface area (Å²) in [5.74, 6) is 2.45. The molecule has 0 radical (unpaired) electrons. The molecular formula is C72H48N10O2. The Morgan fingerprint density at radius 2 is 1.00 bits per heavy atom. The number of nitrogens with zero attached hydrogens (tertiary/aromatic N) is 10. The van der Waals surface area contributed by atoms with Crippen molar-refractivity contribution in [2.75, 3.05) is 0 Å². The van der Waals surface area contributed by atoms with Crippen LogP contribution in [-0.4, -0.2) is 50.2 Å². The molecule has 0 saturated heterocycles. The summed E-state index contributed by atoms with van der Waals surface area (Å²) in [6.07, 6.45) is 15.3. The van der Waals surface area contributed by atoms with E-state index in [0.29, 0.717) is 23.4 Å². The highest BCUT2D eigenvalue weighted by Gasteiger charge is 2.26. The van der Waals surface area contributed by atoms with E-state index in [1.165, 1.54) is 5.56 Å². The summed E-state index contributed by atoms with van der Waals surface area (Å²) in [6.45, 7) is 4.01. The molecule has 0 N–H and O–H groups in total. The summed E-state index contributed by atoms with van der Waals surface area (Å²) >= 11 is 0. The first-order valence-electron chi connectivity index (χ1n) is 27.9. The quantitative estimate of drug-likeness (QED) is 0.131. The standard InChI is InChI=1S/C72H48N10O2/c1-43-33-65-57(39-75-43)55-37-49(59-19-9-21-61(77-59)69-53(17-11-31-73-69)45-13-5-3-6-14-45)27-29-63(55)81(65)67-41-83-71(79-67)51-25-23-48-36-52(26-24-47(48)35-51)72-80-68(42-84-72)82-64-30-28-50(38-56(64)58-40-76-44(2)34-66(58)82)60-20-10-22-62(78-60)70-54(18-12-32-74-70)46-15-7-4-8-16-46/h3-42,53,69H,1-2H3. The van der Waals surface area contributed by atoms with Gasteiger partial charge in [-0.2, -0.15) is 9.97 Å². The normalized spacial score (nSPS) is 14.2. The molecule has 15 aromatic rings. The van der Waals surface area contributed by atoms with Crippen molar-refractivity contribution >= 4 is 60.6 Å². The third-order valence-corrected chi connectivity index (χ3v) is 16.1. The smallest absolute Gasteiger partial charge is 0.228 e. The minimum absolute atomic E-state index is 0.0901. The second-order valence-corrected chi connectivity index (χ2v) is 21.3. The summed E-state index contributed by atoms with van der Waals surface area (Å²) in [7, 11) is 0. The van der Waals surface area contributed by atoms with Crippen LogP contribution in [0.3, 0.4) is 0 Å². The second-order valence-electron chi connectivity index (χ2n) is 21.3. The number of oxazole rings is 2. The highest BCUT2D eigenvalue weighted by molar-refractivity contribution is 6.11. The zero-order valence-corrected chi connectivity index (χ0v) is 45.5. The van der Waals surface area contributed by atoms with Gasteiger partial charge in [0.1, 0.15) is 18.6 Å². The summed E-state index contributed by atoms with van der Waals surface area (Å²) < 4.78 is 16.9. The van der Waals surface area contributed by atoms with Crippen molar-refractivity contribution in [2.45, 2.75) is 25.8 Å². The van der Waals surface area contributed by atoms with Gasteiger partial charge in [-0.05, 0) is 133 Å². The zero-order valence-electron chi connectivity index (χ0n) is 45.5. The molecule has 0 saturated carbocycles. The van der Waals surface area contributed by atoms with Gasteiger partial charge in [0.15, 0.2) is 11.6 Å². The molecule has 84 heavy (non-hydrogen) atoms. The first-order chi connectivity index (χ1) is 41.4. The number of allylic oxidation sites excluding steroid dienone is 1. The topological polar surface area (TPSA) is 139 Å². The first kappa shape index (κ1) is 48.6. The molecule has 0 spiro atoms. The van der Waals surface area contributed by atoms with Gasteiger partial charge < -0.3 is 8.83 Å². The molecule has 6 aromatic carbocycles. The van der Waals surface area contributed by atoms with Crippen molar-refractivity contribution in [2.24, 2.45) is 4.99 Å². The molecule has 10 heterocycles. The van der Waals surface area contributed by atoms with Crippen LogP contribution in [0.5, 0.6) is 0 Å². The number of hydrogen-bond acceptors (Lipinski definition) is 10. The number of benzene rings is 6. The van der Waals surface area contributed by atoms with Crippen molar-refractivity contribution in [1.82, 2.24) is 44.0 Å². The molecule has 12 heteroatoms. The molecule has 398 valence electrons. The second kappa shape index (κ2) is 19.8. The monoisotopic (exact) mass is 1080 g/mol.